The number of aryl methyl sites for hydroxylation is 1. The van der Waals surface area contributed by atoms with Gasteiger partial charge in [0.25, 0.3) is 0 Å². The molecular formula is C23H26N8O2. The van der Waals surface area contributed by atoms with Gasteiger partial charge in [-0.25, -0.2) is 9.48 Å². The van der Waals surface area contributed by atoms with Crippen molar-refractivity contribution in [3.8, 4) is 16.9 Å². The zero-order valence-electron chi connectivity index (χ0n) is 18.6. The number of amides is 2. The predicted molar refractivity (Wildman–Crippen MR) is 123 cm³/mol. The lowest BCUT2D eigenvalue weighted by atomic mass is 10.1. The molecule has 4 heterocycles. The molecule has 1 atom stereocenters. The van der Waals surface area contributed by atoms with E-state index in [1.165, 1.54) is 0 Å². The molecule has 1 aliphatic heterocycles. The van der Waals surface area contributed by atoms with Crippen LogP contribution in [0.3, 0.4) is 0 Å². The van der Waals surface area contributed by atoms with Gasteiger partial charge in [-0.3, -0.25) is 14.9 Å². The van der Waals surface area contributed by atoms with E-state index in [0.29, 0.717) is 12.4 Å². The lowest BCUT2D eigenvalue weighted by Crippen LogP contribution is -2.40. The normalized spacial score (nSPS) is 16.2. The lowest BCUT2D eigenvalue weighted by molar-refractivity contribution is 0.247. The third-order valence-electron chi connectivity index (χ3n) is 5.82. The fraction of sp³-hybridized carbons (Fsp3) is 0.304. The van der Waals surface area contributed by atoms with E-state index in [4.69, 9.17) is 9.62 Å². The molecule has 0 aliphatic carbocycles. The van der Waals surface area contributed by atoms with Gasteiger partial charge in [0.1, 0.15) is 17.8 Å². The van der Waals surface area contributed by atoms with Crippen molar-refractivity contribution in [3.63, 3.8) is 0 Å². The topological polar surface area (TPSA) is 106 Å². The lowest BCUT2D eigenvalue weighted by Gasteiger charge is -2.16. The van der Waals surface area contributed by atoms with Gasteiger partial charge in [-0.05, 0) is 25.5 Å². The smallest absolute Gasteiger partial charge is 0.320 e. The summed E-state index contributed by atoms with van der Waals surface area (Å²) in [6.45, 7) is 4.33. The number of nitrogens with zero attached hydrogens (tertiary/aromatic N) is 6. The molecule has 1 saturated heterocycles. The minimum atomic E-state index is -0.249. The standard InChI is InChI=1S/C23H26N8O2/c1-16-21(17-12-24-29(2)13-17)27-31(20-6-4-3-5-7-20)22(16)26-23(32)25-18-8-10-30(14-18)15-19-9-11-33-28-19/h3-7,9,11-13,18H,8,10,14-15H2,1-2H3,(H2,25,26,32)/t18-/m0/s1. The molecule has 5 rings (SSSR count). The van der Waals surface area contributed by atoms with Gasteiger partial charge in [0, 0.05) is 56.1 Å². The Kier molecular flexibility index (Phi) is 5.66. The summed E-state index contributed by atoms with van der Waals surface area (Å²) in [5, 5.41) is 19.2. The third kappa shape index (κ3) is 4.51. The highest BCUT2D eigenvalue weighted by Crippen LogP contribution is 2.30. The molecule has 1 aromatic carbocycles. The Bertz CT molecular complexity index is 1230. The summed E-state index contributed by atoms with van der Waals surface area (Å²) in [4.78, 5) is 15.2. The van der Waals surface area contributed by atoms with Crippen LogP contribution in [-0.4, -0.2) is 54.8 Å². The van der Waals surface area contributed by atoms with Gasteiger partial charge in [0.15, 0.2) is 0 Å². The molecule has 170 valence electrons. The Balaban J connectivity index is 1.33. The highest BCUT2D eigenvalue weighted by atomic mass is 16.5. The van der Waals surface area contributed by atoms with Crippen LogP contribution in [0.5, 0.6) is 0 Å². The number of anilines is 1. The van der Waals surface area contributed by atoms with E-state index in [1.54, 1.807) is 21.8 Å². The summed E-state index contributed by atoms with van der Waals surface area (Å²) in [5.74, 6) is 0.634. The van der Waals surface area contributed by atoms with Crippen molar-refractivity contribution in [2.45, 2.75) is 25.9 Å². The number of nitrogens with one attached hydrogen (secondary N) is 2. The zero-order valence-corrected chi connectivity index (χ0v) is 18.6. The van der Waals surface area contributed by atoms with Crippen molar-refractivity contribution in [2.75, 3.05) is 18.4 Å². The SMILES string of the molecule is Cc1c(-c2cnn(C)c2)nn(-c2ccccc2)c1NC(=O)N[C@H]1CCN(Cc2ccon2)C1. The van der Waals surface area contributed by atoms with Crippen molar-refractivity contribution in [3.05, 3.63) is 66.3 Å². The van der Waals surface area contributed by atoms with Crippen molar-refractivity contribution in [2.24, 2.45) is 7.05 Å². The van der Waals surface area contributed by atoms with Crippen LogP contribution >= 0.6 is 0 Å². The average molecular weight is 447 g/mol. The molecule has 3 aromatic heterocycles. The molecule has 2 amide bonds. The first-order chi connectivity index (χ1) is 16.1. The van der Waals surface area contributed by atoms with Crippen LogP contribution in [0, 0.1) is 6.92 Å². The predicted octanol–water partition coefficient (Wildman–Crippen LogP) is 2.97. The summed E-state index contributed by atoms with van der Waals surface area (Å²) < 4.78 is 8.41. The molecule has 10 heteroatoms. The van der Waals surface area contributed by atoms with E-state index in [0.717, 1.165) is 47.7 Å². The number of hydrogen-bond donors (Lipinski definition) is 2. The first kappa shape index (κ1) is 21.0. The highest BCUT2D eigenvalue weighted by molar-refractivity contribution is 5.91. The number of benzene rings is 1. The first-order valence-corrected chi connectivity index (χ1v) is 10.9. The molecule has 2 N–H and O–H groups in total. The van der Waals surface area contributed by atoms with E-state index < -0.39 is 0 Å². The summed E-state index contributed by atoms with van der Waals surface area (Å²) in [5.41, 5.74) is 4.31. The van der Waals surface area contributed by atoms with Crippen molar-refractivity contribution >= 4 is 11.8 Å². The maximum absolute atomic E-state index is 13.0. The van der Waals surface area contributed by atoms with Crippen LogP contribution in [0.4, 0.5) is 10.6 Å². The monoisotopic (exact) mass is 446 g/mol. The van der Waals surface area contributed by atoms with Crippen LogP contribution in [0.25, 0.3) is 16.9 Å². The van der Waals surface area contributed by atoms with Crippen LogP contribution in [-0.2, 0) is 13.6 Å². The van der Waals surface area contributed by atoms with Gasteiger partial charge < -0.3 is 9.84 Å². The van der Waals surface area contributed by atoms with Crippen molar-refractivity contribution < 1.29 is 9.32 Å². The van der Waals surface area contributed by atoms with Gasteiger partial charge in [0.05, 0.1) is 17.6 Å². The Hall–Kier alpha value is -3.92. The Morgan fingerprint density at radius 2 is 2.09 bits per heavy atom. The van der Waals surface area contributed by atoms with Gasteiger partial charge >= 0.3 is 6.03 Å². The maximum Gasteiger partial charge on any atom is 0.320 e. The summed E-state index contributed by atoms with van der Waals surface area (Å²) in [6, 6.07) is 11.4. The van der Waals surface area contributed by atoms with E-state index in [-0.39, 0.29) is 12.1 Å². The fourth-order valence-electron chi connectivity index (χ4n) is 4.19. The van der Waals surface area contributed by atoms with Crippen LogP contribution < -0.4 is 10.6 Å². The Morgan fingerprint density at radius 1 is 1.24 bits per heavy atom. The molecule has 0 unspecified atom stereocenters. The molecule has 33 heavy (non-hydrogen) atoms. The number of rotatable bonds is 6. The van der Waals surface area contributed by atoms with E-state index in [2.05, 4.69) is 25.8 Å². The number of hydrogen-bond acceptors (Lipinski definition) is 6. The molecular weight excluding hydrogens is 420 g/mol. The number of para-hydroxylation sites is 1. The van der Waals surface area contributed by atoms with Gasteiger partial charge in [-0.15, -0.1) is 0 Å². The Labute approximate surface area is 191 Å². The number of aromatic nitrogens is 5. The second-order valence-corrected chi connectivity index (χ2v) is 8.28. The first-order valence-electron chi connectivity index (χ1n) is 10.9. The molecule has 0 bridgehead atoms. The largest absolute Gasteiger partial charge is 0.364 e. The van der Waals surface area contributed by atoms with Crippen molar-refractivity contribution in [1.82, 2.24) is 34.9 Å². The summed E-state index contributed by atoms with van der Waals surface area (Å²) in [7, 11) is 1.87. The maximum atomic E-state index is 13.0. The minimum absolute atomic E-state index is 0.0584. The number of carbonyl (C=O) groups is 1. The minimum Gasteiger partial charge on any atom is -0.364 e. The van der Waals surface area contributed by atoms with Crippen LogP contribution in [0.2, 0.25) is 0 Å². The van der Waals surface area contributed by atoms with Gasteiger partial charge in [0.2, 0.25) is 0 Å². The fourth-order valence-corrected chi connectivity index (χ4v) is 4.19. The number of urea groups is 1. The van der Waals surface area contributed by atoms with E-state index in [1.807, 2.05) is 56.6 Å². The zero-order chi connectivity index (χ0) is 22.8. The number of likely N-dealkylation sites (tertiary alicyclic amines) is 1. The van der Waals surface area contributed by atoms with Gasteiger partial charge in [-0.1, -0.05) is 23.4 Å². The summed E-state index contributed by atoms with van der Waals surface area (Å²) >= 11 is 0. The van der Waals surface area contributed by atoms with Crippen molar-refractivity contribution in [1.29, 1.82) is 0 Å². The molecule has 0 spiro atoms. The number of carbonyl (C=O) groups excluding carboxylic acids is 1. The van der Waals surface area contributed by atoms with Crippen LogP contribution in [0.1, 0.15) is 17.7 Å². The van der Waals surface area contributed by atoms with E-state index >= 15 is 0 Å². The second-order valence-electron chi connectivity index (χ2n) is 8.28. The molecule has 1 fully saturated rings. The molecule has 10 nitrogen and oxygen atoms in total. The summed E-state index contributed by atoms with van der Waals surface area (Å²) in [6.07, 6.45) is 6.14. The molecule has 0 radical (unpaired) electrons. The second kappa shape index (κ2) is 8.91. The highest BCUT2D eigenvalue weighted by Gasteiger charge is 2.26. The quantitative estimate of drug-likeness (QED) is 0.472. The Morgan fingerprint density at radius 3 is 2.82 bits per heavy atom. The van der Waals surface area contributed by atoms with Crippen LogP contribution in [0.15, 0.2) is 59.6 Å². The third-order valence-corrected chi connectivity index (χ3v) is 5.82. The van der Waals surface area contributed by atoms with E-state index in [9.17, 15) is 4.79 Å². The molecule has 1 aliphatic rings. The van der Waals surface area contributed by atoms with Gasteiger partial charge in [-0.2, -0.15) is 10.2 Å². The molecule has 0 saturated carbocycles. The average Bonchev–Trinajstić information content (AvgIpc) is 3.60. The molecule has 4 aromatic rings.